The zero-order chi connectivity index (χ0) is 14.5. The van der Waals surface area contributed by atoms with Gasteiger partial charge in [0, 0.05) is 12.7 Å². The van der Waals surface area contributed by atoms with E-state index in [9.17, 15) is 13.2 Å². The number of ether oxygens (including phenoxy) is 1. The number of hydrogen-bond donors (Lipinski definition) is 0. The summed E-state index contributed by atoms with van der Waals surface area (Å²) in [5.41, 5.74) is 0. The Balaban J connectivity index is 3.05. The summed E-state index contributed by atoms with van der Waals surface area (Å²) >= 11 is 5.62. The summed E-state index contributed by atoms with van der Waals surface area (Å²) < 4.78 is 30.2. The molecular weight excluding hydrogens is 292 g/mol. The Morgan fingerprint density at radius 2 is 2.16 bits per heavy atom. The molecule has 0 amide bonds. The van der Waals surface area contributed by atoms with Crippen molar-refractivity contribution < 1.29 is 17.9 Å². The summed E-state index contributed by atoms with van der Waals surface area (Å²) in [4.78, 5) is 15.0. The van der Waals surface area contributed by atoms with Gasteiger partial charge >= 0.3 is 5.97 Å². The minimum Gasteiger partial charge on any atom is -0.468 e. The lowest BCUT2D eigenvalue weighted by Gasteiger charge is -2.20. The van der Waals surface area contributed by atoms with Crippen LogP contribution in [0.25, 0.3) is 0 Å². The molecule has 19 heavy (non-hydrogen) atoms. The Labute approximate surface area is 117 Å². The fourth-order valence-electron chi connectivity index (χ4n) is 1.41. The van der Waals surface area contributed by atoms with Gasteiger partial charge in [0.1, 0.15) is 16.6 Å². The smallest absolute Gasteiger partial charge is 0.321 e. The second-order valence-electron chi connectivity index (χ2n) is 3.73. The highest BCUT2D eigenvalue weighted by Gasteiger charge is 2.26. The van der Waals surface area contributed by atoms with Crippen molar-refractivity contribution in [2.75, 3.05) is 20.2 Å². The summed E-state index contributed by atoms with van der Waals surface area (Å²) in [6.07, 6.45) is 1.74. The number of sulfonamides is 1. The van der Waals surface area contributed by atoms with Gasteiger partial charge in [-0.25, -0.2) is 13.4 Å². The number of nitrogens with zero attached hydrogens (tertiary/aromatic N) is 2. The molecular formula is C11H15ClN2O4S. The zero-order valence-electron chi connectivity index (χ0n) is 10.7. The molecule has 8 heteroatoms. The first-order valence-electron chi connectivity index (χ1n) is 5.60. The Morgan fingerprint density at radius 3 is 2.63 bits per heavy atom. The highest BCUT2D eigenvalue weighted by atomic mass is 35.5. The molecule has 1 rings (SSSR count). The van der Waals surface area contributed by atoms with Crippen LogP contribution in [0.3, 0.4) is 0 Å². The maximum absolute atomic E-state index is 12.3. The quantitative estimate of drug-likeness (QED) is 0.585. The van der Waals surface area contributed by atoms with Crippen molar-refractivity contribution in [2.24, 2.45) is 0 Å². The first kappa shape index (κ1) is 15.9. The molecule has 0 aliphatic heterocycles. The average Bonchev–Trinajstić information content (AvgIpc) is 2.38. The molecule has 0 N–H and O–H groups in total. The first-order chi connectivity index (χ1) is 8.91. The number of halogens is 1. The lowest BCUT2D eigenvalue weighted by molar-refractivity contribution is -0.140. The molecule has 0 saturated heterocycles. The number of carbonyl (C=O) groups is 1. The van der Waals surface area contributed by atoms with Crippen LogP contribution < -0.4 is 0 Å². The number of carbonyl (C=O) groups excluding carboxylic acids is 1. The molecule has 0 aliphatic rings. The van der Waals surface area contributed by atoms with Crippen molar-refractivity contribution in [2.45, 2.75) is 18.2 Å². The third-order valence-electron chi connectivity index (χ3n) is 2.34. The zero-order valence-corrected chi connectivity index (χ0v) is 12.2. The largest absolute Gasteiger partial charge is 0.468 e. The molecule has 6 nitrogen and oxygen atoms in total. The highest BCUT2D eigenvalue weighted by Crippen LogP contribution is 2.16. The molecule has 0 bridgehead atoms. The van der Waals surface area contributed by atoms with Crippen molar-refractivity contribution in [3.8, 4) is 0 Å². The highest BCUT2D eigenvalue weighted by molar-refractivity contribution is 7.89. The van der Waals surface area contributed by atoms with Crippen LogP contribution in [-0.4, -0.2) is 43.9 Å². The van der Waals surface area contributed by atoms with Gasteiger partial charge in [0.2, 0.25) is 10.0 Å². The van der Waals surface area contributed by atoms with Crippen molar-refractivity contribution in [3.05, 3.63) is 23.5 Å². The number of esters is 1. The number of pyridine rings is 1. The average molecular weight is 307 g/mol. The summed E-state index contributed by atoms with van der Waals surface area (Å²) in [7, 11) is -2.56. The maximum Gasteiger partial charge on any atom is 0.321 e. The van der Waals surface area contributed by atoms with Crippen LogP contribution in [0.1, 0.15) is 13.3 Å². The van der Waals surface area contributed by atoms with Gasteiger partial charge in [-0.15, -0.1) is 0 Å². The van der Waals surface area contributed by atoms with Crippen LogP contribution in [0.4, 0.5) is 0 Å². The molecule has 0 aliphatic carbocycles. The summed E-state index contributed by atoms with van der Waals surface area (Å²) in [5, 5.41) is 0.203. The van der Waals surface area contributed by atoms with Gasteiger partial charge in [0.15, 0.2) is 0 Å². The molecule has 1 aromatic heterocycles. The number of hydrogen-bond acceptors (Lipinski definition) is 5. The van der Waals surface area contributed by atoms with E-state index in [1.807, 2.05) is 6.92 Å². The van der Waals surface area contributed by atoms with E-state index in [0.717, 1.165) is 10.5 Å². The molecule has 0 fully saturated rings. The fourth-order valence-corrected chi connectivity index (χ4v) is 2.94. The third kappa shape index (κ3) is 4.15. The van der Waals surface area contributed by atoms with Crippen LogP contribution in [0.2, 0.25) is 5.15 Å². The fraction of sp³-hybridized carbons (Fsp3) is 0.455. The minimum atomic E-state index is -3.77. The topological polar surface area (TPSA) is 76.6 Å². The van der Waals surface area contributed by atoms with E-state index >= 15 is 0 Å². The lowest BCUT2D eigenvalue weighted by Crippen LogP contribution is -2.36. The maximum atomic E-state index is 12.3. The molecule has 0 spiro atoms. The van der Waals surface area contributed by atoms with E-state index < -0.39 is 16.0 Å². The van der Waals surface area contributed by atoms with Crippen molar-refractivity contribution in [1.82, 2.24) is 9.29 Å². The lowest BCUT2D eigenvalue weighted by atomic mass is 10.5. The van der Waals surface area contributed by atoms with E-state index in [2.05, 4.69) is 9.72 Å². The Hall–Kier alpha value is -1.18. The van der Waals surface area contributed by atoms with E-state index in [1.165, 1.54) is 19.2 Å². The van der Waals surface area contributed by atoms with Crippen molar-refractivity contribution in [3.63, 3.8) is 0 Å². The van der Waals surface area contributed by atoms with Gasteiger partial charge in [-0.05, 0) is 18.6 Å². The Kier molecular flexibility index (Phi) is 5.71. The summed E-state index contributed by atoms with van der Waals surface area (Å²) in [6.45, 7) is 1.72. The van der Waals surface area contributed by atoms with Crippen LogP contribution >= 0.6 is 11.6 Å². The molecule has 1 heterocycles. The molecule has 0 radical (unpaired) electrons. The summed E-state index contributed by atoms with van der Waals surface area (Å²) in [5.74, 6) is -0.612. The van der Waals surface area contributed by atoms with E-state index in [4.69, 9.17) is 11.6 Å². The van der Waals surface area contributed by atoms with Crippen LogP contribution in [0.15, 0.2) is 23.2 Å². The predicted octanol–water partition coefficient (Wildman–Crippen LogP) is 1.31. The SMILES string of the molecule is CCCN(CC(=O)OC)S(=O)(=O)c1ccc(Cl)nc1. The molecule has 106 valence electrons. The van der Waals surface area contributed by atoms with Gasteiger partial charge in [0.25, 0.3) is 0 Å². The van der Waals surface area contributed by atoms with Gasteiger partial charge < -0.3 is 4.74 Å². The molecule has 0 aromatic carbocycles. The van der Waals surface area contributed by atoms with Crippen molar-refractivity contribution >= 4 is 27.6 Å². The third-order valence-corrected chi connectivity index (χ3v) is 4.40. The molecule has 0 atom stereocenters. The minimum absolute atomic E-state index is 0.00532. The standard InChI is InChI=1S/C11H15ClN2O4S/c1-3-6-14(8-11(15)18-2)19(16,17)9-4-5-10(12)13-7-9/h4-5,7H,3,6,8H2,1-2H3. The van der Waals surface area contributed by atoms with Gasteiger partial charge in [-0.3, -0.25) is 4.79 Å². The molecule has 1 aromatic rings. The van der Waals surface area contributed by atoms with Crippen LogP contribution in [-0.2, 0) is 19.6 Å². The van der Waals surface area contributed by atoms with Gasteiger partial charge in [-0.1, -0.05) is 18.5 Å². The van der Waals surface area contributed by atoms with E-state index in [-0.39, 0.29) is 23.1 Å². The van der Waals surface area contributed by atoms with Crippen LogP contribution in [0.5, 0.6) is 0 Å². The monoisotopic (exact) mass is 306 g/mol. The van der Waals surface area contributed by atoms with E-state index in [1.54, 1.807) is 0 Å². The molecule has 0 unspecified atom stereocenters. The Morgan fingerprint density at radius 1 is 1.47 bits per heavy atom. The Bertz CT molecular complexity index is 530. The second-order valence-corrected chi connectivity index (χ2v) is 6.06. The number of rotatable bonds is 6. The van der Waals surface area contributed by atoms with Crippen molar-refractivity contribution in [1.29, 1.82) is 0 Å². The summed E-state index contributed by atoms with van der Waals surface area (Å²) in [6, 6.07) is 2.74. The number of methoxy groups -OCH3 is 1. The van der Waals surface area contributed by atoms with Crippen LogP contribution in [0, 0.1) is 0 Å². The second kappa shape index (κ2) is 6.83. The van der Waals surface area contributed by atoms with E-state index in [0.29, 0.717) is 6.42 Å². The predicted molar refractivity (Wildman–Crippen MR) is 70.3 cm³/mol. The first-order valence-corrected chi connectivity index (χ1v) is 7.42. The molecule has 0 saturated carbocycles. The van der Waals surface area contributed by atoms with Gasteiger partial charge in [0.05, 0.1) is 7.11 Å². The number of aromatic nitrogens is 1. The van der Waals surface area contributed by atoms with Gasteiger partial charge in [-0.2, -0.15) is 4.31 Å². The normalized spacial score (nSPS) is 11.6.